The van der Waals surface area contributed by atoms with Crippen molar-refractivity contribution in [3.8, 4) is 5.75 Å². The van der Waals surface area contributed by atoms with E-state index in [1.807, 2.05) is 18.7 Å². The maximum atomic E-state index is 13.1. The Bertz CT molecular complexity index is 663. The van der Waals surface area contributed by atoms with Gasteiger partial charge in [-0.3, -0.25) is 14.8 Å². The topological polar surface area (TPSA) is 88.1 Å². The van der Waals surface area contributed by atoms with Gasteiger partial charge in [0.25, 0.3) is 5.91 Å². The highest BCUT2D eigenvalue weighted by molar-refractivity contribution is 5.93. The van der Waals surface area contributed by atoms with Crippen LogP contribution in [0, 0.1) is 5.92 Å². The summed E-state index contributed by atoms with van der Waals surface area (Å²) >= 11 is 0. The van der Waals surface area contributed by atoms with Crippen LogP contribution in [0.4, 0.5) is 0 Å². The van der Waals surface area contributed by atoms with Crippen molar-refractivity contribution in [3.63, 3.8) is 0 Å². The highest BCUT2D eigenvalue weighted by atomic mass is 16.5. The normalized spacial score (nSPS) is 26.2. The summed E-state index contributed by atoms with van der Waals surface area (Å²) in [5.41, 5.74) is 2.77. The van der Waals surface area contributed by atoms with Crippen LogP contribution in [0.25, 0.3) is 0 Å². The summed E-state index contributed by atoms with van der Waals surface area (Å²) in [7, 11) is 0. The predicted molar refractivity (Wildman–Crippen MR) is 89.3 cm³/mol. The van der Waals surface area contributed by atoms with Gasteiger partial charge in [0.05, 0.1) is 18.1 Å². The van der Waals surface area contributed by atoms with Gasteiger partial charge in [-0.15, -0.1) is 0 Å². The molecule has 2 amide bonds. The van der Waals surface area contributed by atoms with Crippen molar-refractivity contribution in [1.82, 2.24) is 10.4 Å². The molecule has 0 saturated carbocycles. The lowest BCUT2D eigenvalue weighted by Gasteiger charge is -2.35. The van der Waals surface area contributed by atoms with Crippen molar-refractivity contribution in [2.45, 2.75) is 45.4 Å². The summed E-state index contributed by atoms with van der Waals surface area (Å²) in [6, 6.07) is 4.88. The van der Waals surface area contributed by atoms with Gasteiger partial charge < -0.3 is 14.4 Å². The molecular weight excluding hydrogens is 324 g/mol. The molecule has 136 valence electrons. The van der Waals surface area contributed by atoms with Crippen molar-refractivity contribution in [3.05, 3.63) is 29.3 Å². The molecule has 2 aliphatic rings. The lowest BCUT2D eigenvalue weighted by Crippen LogP contribution is -2.47. The van der Waals surface area contributed by atoms with Crippen LogP contribution < -0.4 is 10.2 Å². The molecule has 1 aromatic carbocycles. The number of nitrogens with zero attached hydrogens (tertiary/aromatic N) is 1. The Kier molecular flexibility index (Phi) is 5.24. The van der Waals surface area contributed by atoms with Crippen molar-refractivity contribution in [1.29, 1.82) is 0 Å². The third kappa shape index (κ3) is 3.62. The Hall–Kier alpha value is -2.12. The molecule has 2 N–H and O–H groups in total. The maximum Gasteiger partial charge on any atom is 0.274 e. The van der Waals surface area contributed by atoms with Crippen molar-refractivity contribution >= 4 is 11.8 Å². The molecule has 0 aliphatic carbocycles. The van der Waals surface area contributed by atoms with E-state index in [1.54, 1.807) is 23.7 Å². The third-order valence-electron chi connectivity index (χ3n) is 4.99. The number of ether oxygens (including phenoxy) is 2. The van der Waals surface area contributed by atoms with Gasteiger partial charge in [0.1, 0.15) is 12.4 Å². The highest BCUT2D eigenvalue weighted by Gasteiger charge is 2.35. The summed E-state index contributed by atoms with van der Waals surface area (Å²) in [5, 5.41) is 8.77. The minimum absolute atomic E-state index is 0.0762. The molecule has 2 heterocycles. The number of carbonyl (C=O) groups excluding carboxylic acids is 2. The van der Waals surface area contributed by atoms with E-state index in [-0.39, 0.29) is 24.0 Å². The second-order valence-electron chi connectivity index (χ2n) is 6.71. The molecule has 3 atom stereocenters. The van der Waals surface area contributed by atoms with Crippen LogP contribution in [0.15, 0.2) is 18.2 Å². The Morgan fingerprint density at radius 2 is 2.12 bits per heavy atom. The fourth-order valence-corrected chi connectivity index (χ4v) is 3.42. The number of fused-ring (bicyclic) bond motifs is 1. The average Bonchev–Trinajstić information content (AvgIpc) is 2.79. The van der Waals surface area contributed by atoms with Crippen LogP contribution in [0.1, 0.15) is 42.6 Å². The Balaban J connectivity index is 1.82. The monoisotopic (exact) mass is 348 g/mol. The number of rotatable bonds is 2. The zero-order chi connectivity index (χ0) is 18.0. The second kappa shape index (κ2) is 7.41. The van der Waals surface area contributed by atoms with Crippen molar-refractivity contribution in [2.75, 3.05) is 13.2 Å². The minimum Gasteiger partial charge on any atom is -0.491 e. The number of hydroxylamine groups is 1. The number of hydrogen-bond donors (Lipinski definition) is 2. The van der Waals surface area contributed by atoms with Crippen LogP contribution >= 0.6 is 0 Å². The third-order valence-corrected chi connectivity index (χ3v) is 4.99. The van der Waals surface area contributed by atoms with Crippen LogP contribution in [0.5, 0.6) is 5.75 Å². The summed E-state index contributed by atoms with van der Waals surface area (Å²) in [6.45, 7) is 5.40. The first-order chi connectivity index (χ1) is 12.0. The van der Waals surface area contributed by atoms with Crippen LogP contribution in [0.3, 0.4) is 0 Å². The van der Waals surface area contributed by atoms with Gasteiger partial charge >= 0.3 is 0 Å². The number of benzene rings is 1. The smallest absolute Gasteiger partial charge is 0.274 e. The largest absolute Gasteiger partial charge is 0.491 e. The fourth-order valence-electron chi connectivity index (χ4n) is 3.42. The molecule has 1 aromatic rings. The molecule has 0 spiro atoms. The molecule has 0 unspecified atom stereocenters. The molecule has 3 rings (SSSR count). The van der Waals surface area contributed by atoms with Gasteiger partial charge in [-0.2, -0.15) is 0 Å². The number of amides is 2. The maximum absolute atomic E-state index is 13.1. The minimum atomic E-state index is -0.593. The molecule has 0 aromatic heterocycles. The standard InChI is InChI=1S/C18H24N2O5/c1-11-10-25-16-8-13(17(21)19-23)5-6-14(16)9-20(11)18(22)15-4-3-7-24-12(15)2/h5-6,8,11-12,15,23H,3-4,7,9-10H2,1-2H3,(H,19,21)/t11-,12+,15-/m0/s1. The van der Waals surface area contributed by atoms with Gasteiger partial charge in [0, 0.05) is 24.3 Å². The molecule has 2 aliphatic heterocycles. The van der Waals surface area contributed by atoms with E-state index in [4.69, 9.17) is 14.7 Å². The first-order valence-corrected chi connectivity index (χ1v) is 8.63. The Labute approximate surface area is 146 Å². The van der Waals surface area contributed by atoms with E-state index >= 15 is 0 Å². The lowest BCUT2D eigenvalue weighted by atomic mass is 9.93. The molecule has 1 fully saturated rings. The molecule has 25 heavy (non-hydrogen) atoms. The predicted octanol–water partition coefficient (Wildman–Crippen LogP) is 1.73. The highest BCUT2D eigenvalue weighted by Crippen LogP contribution is 2.30. The molecule has 0 bridgehead atoms. The van der Waals surface area contributed by atoms with Gasteiger partial charge in [-0.1, -0.05) is 6.07 Å². The van der Waals surface area contributed by atoms with E-state index in [2.05, 4.69) is 0 Å². The van der Waals surface area contributed by atoms with Gasteiger partial charge in [0.2, 0.25) is 5.91 Å². The summed E-state index contributed by atoms with van der Waals surface area (Å²) < 4.78 is 11.4. The fraction of sp³-hybridized carbons (Fsp3) is 0.556. The summed E-state index contributed by atoms with van der Waals surface area (Å²) in [6.07, 6.45) is 1.66. The molecule has 7 heteroatoms. The lowest BCUT2D eigenvalue weighted by molar-refractivity contribution is -0.147. The van der Waals surface area contributed by atoms with Gasteiger partial charge in [0.15, 0.2) is 0 Å². The Morgan fingerprint density at radius 3 is 2.84 bits per heavy atom. The number of nitrogens with one attached hydrogen (secondary N) is 1. The van der Waals surface area contributed by atoms with Crippen molar-refractivity contribution in [2.24, 2.45) is 5.92 Å². The number of hydrogen-bond acceptors (Lipinski definition) is 5. The molecule has 7 nitrogen and oxygen atoms in total. The molecule has 0 radical (unpaired) electrons. The summed E-state index contributed by atoms with van der Waals surface area (Å²) in [4.78, 5) is 26.5. The summed E-state index contributed by atoms with van der Waals surface area (Å²) in [5.74, 6) is -0.0634. The average molecular weight is 348 g/mol. The zero-order valence-electron chi connectivity index (χ0n) is 14.5. The SMILES string of the molecule is C[C@H]1OCCC[C@@H]1C(=O)N1Cc2ccc(C(=O)NO)cc2OC[C@@H]1C. The number of carbonyl (C=O) groups is 2. The van der Waals surface area contributed by atoms with Crippen LogP contribution in [-0.4, -0.2) is 47.3 Å². The van der Waals surface area contributed by atoms with E-state index in [0.717, 1.165) is 18.4 Å². The molecular formula is C18H24N2O5. The van der Waals surface area contributed by atoms with E-state index < -0.39 is 5.91 Å². The first kappa shape index (κ1) is 17.7. The first-order valence-electron chi connectivity index (χ1n) is 8.63. The van der Waals surface area contributed by atoms with Gasteiger partial charge in [-0.05, 0) is 38.8 Å². The second-order valence-corrected chi connectivity index (χ2v) is 6.71. The Morgan fingerprint density at radius 1 is 1.32 bits per heavy atom. The van der Waals surface area contributed by atoms with Crippen molar-refractivity contribution < 1.29 is 24.3 Å². The molecule has 1 saturated heterocycles. The van der Waals surface area contributed by atoms with Crippen LogP contribution in [-0.2, 0) is 16.1 Å². The van der Waals surface area contributed by atoms with E-state index in [0.29, 0.717) is 31.1 Å². The van der Waals surface area contributed by atoms with Gasteiger partial charge in [-0.25, -0.2) is 5.48 Å². The zero-order valence-corrected chi connectivity index (χ0v) is 14.5. The van der Waals surface area contributed by atoms with E-state index in [9.17, 15) is 9.59 Å². The van der Waals surface area contributed by atoms with E-state index in [1.165, 1.54) is 0 Å². The van der Waals surface area contributed by atoms with Crippen LogP contribution in [0.2, 0.25) is 0 Å². The quantitative estimate of drug-likeness (QED) is 0.628.